The minimum Gasteiger partial charge on any atom is -0.489 e. The number of anilines is 2. The van der Waals surface area contributed by atoms with Crippen molar-refractivity contribution < 1.29 is 35.9 Å². The molecule has 3 aromatic carbocycles. The fraction of sp³-hybridized carbons (Fsp3) is 0.321. The number of piperidine rings is 1. The second-order valence-corrected chi connectivity index (χ2v) is 9.90. The Labute approximate surface area is 231 Å². The van der Waals surface area contributed by atoms with Gasteiger partial charge in [0, 0.05) is 29.5 Å². The monoisotopic (exact) mass is 585 g/mol. The average molecular weight is 586 g/mol. The van der Waals surface area contributed by atoms with E-state index in [1.807, 2.05) is 0 Å². The van der Waals surface area contributed by atoms with Crippen molar-refractivity contribution in [3.8, 4) is 5.75 Å². The summed E-state index contributed by atoms with van der Waals surface area (Å²) < 4.78 is 88.8. The van der Waals surface area contributed by atoms with Crippen LogP contribution in [0.3, 0.4) is 0 Å². The third kappa shape index (κ3) is 7.32. The van der Waals surface area contributed by atoms with Gasteiger partial charge >= 0.3 is 12.4 Å². The molecular weight excluding hydrogens is 560 g/mol. The Morgan fingerprint density at radius 3 is 2.30 bits per heavy atom. The number of nitrogens with zero attached hydrogens (tertiary/aromatic N) is 1. The molecule has 1 amide bonds. The first-order valence-electron chi connectivity index (χ1n) is 12.4. The number of ether oxygens (including phenoxy) is 1. The normalized spacial score (nSPS) is 15.0. The van der Waals surface area contributed by atoms with Crippen molar-refractivity contribution in [2.75, 3.05) is 23.3 Å². The Bertz CT molecular complexity index is 1360. The summed E-state index contributed by atoms with van der Waals surface area (Å²) >= 11 is 5.92. The molecule has 1 saturated heterocycles. The molecule has 0 bridgehead atoms. The number of hydrogen-bond donors (Lipinski definition) is 2. The molecule has 3 aromatic rings. The second-order valence-electron chi connectivity index (χ2n) is 9.46. The molecule has 0 saturated carbocycles. The predicted molar refractivity (Wildman–Crippen MR) is 140 cm³/mol. The molecular formula is C28H26ClF6N3O2. The van der Waals surface area contributed by atoms with Crippen LogP contribution < -0.4 is 20.7 Å². The number of benzene rings is 3. The van der Waals surface area contributed by atoms with E-state index >= 15 is 0 Å². The molecule has 4 rings (SSSR count). The lowest BCUT2D eigenvalue weighted by Crippen LogP contribution is -2.31. The van der Waals surface area contributed by atoms with E-state index < -0.39 is 35.4 Å². The van der Waals surface area contributed by atoms with Gasteiger partial charge in [-0.2, -0.15) is 26.3 Å². The van der Waals surface area contributed by atoms with E-state index in [1.165, 1.54) is 24.3 Å². The Morgan fingerprint density at radius 2 is 1.68 bits per heavy atom. The predicted octanol–water partition coefficient (Wildman–Crippen LogP) is 7.59. The van der Waals surface area contributed by atoms with Gasteiger partial charge in [0.05, 0.1) is 11.1 Å². The van der Waals surface area contributed by atoms with E-state index in [4.69, 9.17) is 22.1 Å². The maximum atomic E-state index is 14.0. The quantitative estimate of drug-likeness (QED) is 0.267. The van der Waals surface area contributed by atoms with Gasteiger partial charge in [-0.05, 0) is 85.0 Å². The zero-order chi connectivity index (χ0) is 29.1. The van der Waals surface area contributed by atoms with Gasteiger partial charge in [-0.15, -0.1) is 0 Å². The summed E-state index contributed by atoms with van der Waals surface area (Å²) in [5.74, 6) is -0.765. The Morgan fingerprint density at radius 1 is 0.950 bits per heavy atom. The lowest BCUT2D eigenvalue weighted by atomic mass is 9.99. The van der Waals surface area contributed by atoms with Gasteiger partial charge in [0.1, 0.15) is 18.4 Å². The van der Waals surface area contributed by atoms with Crippen molar-refractivity contribution in [1.29, 1.82) is 0 Å². The highest BCUT2D eigenvalue weighted by Gasteiger charge is 2.36. The van der Waals surface area contributed by atoms with Crippen LogP contribution in [0.2, 0.25) is 5.02 Å². The zero-order valence-corrected chi connectivity index (χ0v) is 21.8. The highest BCUT2D eigenvalue weighted by molar-refractivity contribution is 6.30. The number of nitrogens with one attached hydrogen (secondary N) is 1. The van der Waals surface area contributed by atoms with E-state index in [2.05, 4.69) is 5.32 Å². The highest BCUT2D eigenvalue weighted by atomic mass is 35.5. The lowest BCUT2D eigenvalue weighted by molar-refractivity contribution is -0.138. The summed E-state index contributed by atoms with van der Waals surface area (Å²) in [4.78, 5) is 14.0. The van der Waals surface area contributed by atoms with Gasteiger partial charge in [0.15, 0.2) is 0 Å². The molecule has 1 atom stereocenters. The number of halogens is 7. The van der Waals surface area contributed by atoms with Crippen LogP contribution >= 0.6 is 11.6 Å². The third-order valence-electron chi connectivity index (χ3n) is 6.47. The number of carbonyl (C=O) groups excluding carboxylic acids is 1. The number of amides is 1. The summed E-state index contributed by atoms with van der Waals surface area (Å²) in [5.41, 5.74) is 3.31. The maximum Gasteiger partial charge on any atom is 0.418 e. The van der Waals surface area contributed by atoms with Crippen molar-refractivity contribution in [1.82, 2.24) is 0 Å². The number of nitrogens with two attached hydrogens (primary N) is 1. The summed E-state index contributed by atoms with van der Waals surface area (Å²) in [6.45, 7) is 0.652. The molecule has 0 spiro atoms. The molecule has 5 nitrogen and oxygen atoms in total. The van der Waals surface area contributed by atoms with Gasteiger partial charge in [-0.1, -0.05) is 17.7 Å². The molecule has 214 valence electrons. The van der Waals surface area contributed by atoms with Crippen molar-refractivity contribution >= 4 is 28.9 Å². The van der Waals surface area contributed by atoms with Crippen LogP contribution in [0.15, 0.2) is 60.7 Å². The number of alkyl halides is 6. The van der Waals surface area contributed by atoms with Crippen molar-refractivity contribution in [2.45, 2.75) is 44.3 Å². The molecule has 1 aliphatic rings. The number of rotatable bonds is 8. The molecule has 0 aliphatic carbocycles. The molecule has 1 unspecified atom stereocenters. The number of primary amides is 1. The van der Waals surface area contributed by atoms with Crippen LogP contribution in [-0.2, 0) is 23.8 Å². The van der Waals surface area contributed by atoms with Crippen LogP contribution in [0.4, 0.5) is 37.7 Å². The van der Waals surface area contributed by atoms with Crippen LogP contribution in [0.5, 0.6) is 5.75 Å². The molecule has 12 heteroatoms. The third-order valence-corrected chi connectivity index (χ3v) is 6.71. The van der Waals surface area contributed by atoms with E-state index in [0.29, 0.717) is 23.9 Å². The highest BCUT2D eigenvalue weighted by Crippen LogP contribution is 2.40. The van der Waals surface area contributed by atoms with Gasteiger partial charge in [-0.25, -0.2) is 0 Å². The van der Waals surface area contributed by atoms with E-state index in [1.54, 1.807) is 23.1 Å². The smallest absolute Gasteiger partial charge is 0.418 e. The molecule has 1 heterocycles. The largest absolute Gasteiger partial charge is 0.489 e. The van der Waals surface area contributed by atoms with Crippen molar-refractivity contribution in [2.24, 2.45) is 5.73 Å². The minimum absolute atomic E-state index is 0.00731. The fourth-order valence-corrected chi connectivity index (χ4v) is 4.78. The van der Waals surface area contributed by atoms with Gasteiger partial charge in [0.25, 0.3) is 0 Å². The first-order chi connectivity index (χ1) is 18.8. The number of hydrogen-bond acceptors (Lipinski definition) is 4. The summed E-state index contributed by atoms with van der Waals surface area (Å²) in [6.07, 6.45) is -7.02. The lowest BCUT2D eigenvalue weighted by Gasteiger charge is -2.31. The topological polar surface area (TPSA) is 67.6 Å². The first-order valence-corrected chi connectivity index (χ1v) is 12.8. The van der Waals surface area contributed by atoms with Crippen LogP contribution in [0.1, 0.15) is 47.6 Å². The second kappa shape index (κ2) is 11.9. The number of carbonyl (C=O) groups is 1. The molecule has 40 heavy (non-hydrogen) atoms. The molecule has 0 aromatic heterocycles. The zero-order valence-electron chi connectivity index (χ0n) is 21.1. The Kier molecular flexibility index (Phi) is 8.72. The van der Waals surface area contributed by atoms with Gasteiger partial charge in [-0.3, -0.25) is 4.79 Å². The summed E-state index contributed by atoms with van der Waals surface area (Å²) in [6, 6.07) is 11.1. The maximum absolute atomic E-state index is 14.0. The molecule has 3 N–H and O–H groups in total. The van der Waals surface area contributed by atoms with E-state index in [9.17, 15) is 31.1 Å². The van der Waals surface area contributed by atoms with Gasteiger partial charge in [0.2, 0.25) is 5.91 Å². The molecule has 1 aliphatic heterocycles. The van der Waals surface area contributed by atoms with Crippen LogP contribution in [0.25, 0.3) is 0 Å². The van der Waals surface area contributed by atoms with Crippen molar-refractivity contribution in [3.63, 3.8) is 0 Å². The SMILES string of the molecule is NC(=O)C(Nc1ccc(N2CCCCC2)c(C(F)(F)F)c1)c1cc(COc2cccc(Cl)c2)cc(C(F)(F)F)c1. The summed E-state index contributed by atoms with van der Waals surface area (Å²) in [5, 5.41) is 2.97. The van der Waals surface area contributed by atoms with Crippen LogP contribution in [-0.4, -0.2) is 19.0 Å². The fourth-order valence-electron chi connectivity index (χ4n) is 4.60. The average Bonchev–Trinajstić information content (AvgIpc) is 2.89. The van der Waals surface area contributed by atoms with Gasteiger partial charge < -0.3 is 20.7 Å². The minimum atomic E-state index is -4.78. The van der Waals surface area contributed by atoms with Crippen molar-refractivity contribution in [3.05, 3.63) is 87.9 Å². The standard InChI is InChI=1S/C28H26ClF6N3O2/c29-20-5-4-6-22(14-20)40-16-17-11-18(13-19(12-17)27(30,31)32)25(26(36)39)37-21-7-8-24(23(15-21)28(33,34)35)38-9-2-1-3-10-38/h4-8,11-15,25,37H,1-3,9-10,16H2,(H2,36,39). The van der Waals surface area contributed by atoms with E-state index in [0.717, 1.165) is 37.5 Å². The molecule has 1 fully saturated rings. The van der Waals surface area contributed by atoms with Crippen LogP contribution in [0, 0.1) is 0 Å². The Balaban J connectivity index is 1.67. The Hall–Kier alpha value is -3.60. The first kappa shape index (κ1) is 29.4. The van der Waals surface area contributed by atoms with E-state index in [-0.39, 0.29) is 29.1 Å². The summed E-state index contributed by atoms with van der Waals surface area (Å²) in [7, 11) is 0. The molecule has 0 radical (unpaired) electrons.